The summed E-state index contributed by atoms with van der Waals surface area (Å²) in [5.74, 6) is 0.311. The molecule has 0 fully saturated rings. The summed E-state index contributed by atoms with van der Waals surface area (Å²) in [4.78, 5) is 4.23. The van der Waals surface area contributed by atoms with Gasteiger partial charge in [0.2, 0.25) is 0 Å². The van der Waals surface area contributed by atoms with Gasteiger partial charge >= 0.3 is 0 Å². The predicted molar refractivity (Wildman–Crippen MR) is 72.7 cm³/mol. The van der Waals surface area contributed by atoms with Gasteiger partial charge in [-0.1, -0.05) is 13.0 Å². The fourth-order valence-electron chi connectivity index (χ4n) is 1.70. The summed E-state index contributed by atoms with van der Waals surface area (Å²) >= 11 is 0. The molecule has 0 saturated heterocycles. The van der Waals surface area contributed by atoms with Crippen molar-refractivity contribution in [2.75, 3.05) is 0 Å². The number of nitrogens with zero attached hydrogens (tertiary/aromatic N) is 1. The topological polar surface area (TPSA) is 48.1 Å². The van der Waals surface area contributed by atoms with E-state index in [1.807, 2.05) is 13.8 Å². The predicted octanol–water partition coefficient (Wildman–Crippen LogP) is 3.73. The van der Waals surface area contributed by atoms with E-state index < -0.39 is 0 Å². The summed E-state index contributed by atoms with van der Waals surface area (Å²) in [6, 6.07) is 8.21. The number of hydrogen-bond acceptors (Lipinski definition) is 3. The normalized spacial score (nSPS) is 12.2. The van der Waals surface area contributed by atoms with Gasteiger partial charge in [-0.3, -0.25) is 4.98 Å². The lowest BCUT2D eigenvalue weighted by molar-refractivity contribution is 0.439. The largest absolute Gasteiger partial charge is 0.453 e. The second kappa shape index (κ2) is 5.80. The molecular formula is C15H17FN2O. The van der Waals surface area contributed by atoms with Gasteiger partial charge in [-0.15, -0.1) is 0 Å². The average Bonchev–Trinajstić information content (AvgIpc) is 2.43. The van der Waals surface area contributed by atoms with Gasteiger partial charge in [0.15, 0.2) is 11.6 Å². The first-order valence-electron chi connectivity index (χ1n) is 6.25. The van der Waals surface area contributed by atoms with Crippen LogP contribution in [-0.4, -0.2) is 4.98 Å². The zero-order chi connectivity index (χ0) is 13.8. The minimum absolute atomic E-state index is 0.0789. The van der Waals surface area contributed by atoms with Crippen molar-refractivity contribution in [2.45, 2.75) is 26.3 Å². The molecule has 1 heterocycles. The maximum absolute atomic E-state index is 13.6. The van der Waals surface area contributed by atoms with Gasteiger partial charge in [-0.2, -0.15) is 0 Å². The highest BCUT2D eigenvalue weighted by Gasteiger charge is 2.07. The van der Waals surface area contributed by atoms with E-state index in [1.54, 1.807) is 30.5 Å². The van der Waals surface area contributed by atoms with Gasteiger partial charge in [0.1, 0.15) is 5.75 Å². The maximum Gasteiger partial charge on any atom is 0.165 e. The highest BCUT2D eigenvalue weighted by Crippen LogP contribution is 2.25. The molecule has 19 heavy (non-hydrogen) atoms. The van der Waals surface area contributed by atoms with E-state index in [2.05, 4.69) is 4.98 Å². The first-order chi connectivity index (χ1) is 9.10. The molecular weight excluding hydrogens is 243 g/mol. The Bertz CT molecular complexity index is 555. The first kappa shape index (κ1) is 13.5. The van der Waals surface area contributed by atoms with Crippen LogP contribution in [0.5, 0.6) is 11.5 Å². The summed E-state index contributed by atoms with van der Waals surface area (Å²) in [7, 11) is 0. The SMILES string of the molecule is CC[C@@H](N)c1ccc(Oc2cc(C)ccc2F)cn1. The quantitative estimate of drug-likeness (QED) is 0.911. The molecule has 0 spiro atoms. The third-order valence-corrected chi connectivity index (χ3v) is 2.89. The monoisotopic (exact) mass is 260 g/mol. The van der Waals surface area contributed by atoms with Gasteiger partial charge in [0.05, 0.1) is 11.9 Å². The lowest BCUT2D eigenvalue weighted by atomic mass is 10.1. The molecule has 2 N–H and O–H groups in total. The van der Waals surface area contributed by atoms with Gasteiger partial charge in [0.25, 0.3) is 0 Å². The van der Waals surface area contributed by atoms with Crippen molar-refractivity contribution in [3.8, 4) is 11.5 Å². The summed E-state index contributed by atoms with van der Waals surface area (Å²) < 4.78 is 19.0. The van der Waals surface area contributed by atoms with Gasteiger partial charge in [-0.25, -0.2) is 4.39 Å². The van der Waals surface area contributed by atoms with Crippen LogP contribution in [0, 0.1) is 12.7 Å². The second-order valence-corrected chi connectivity index (χ2v) is 4.47. The van der Waals surface area contributed by atoms with Crippen LogP contribution >= 0.6 is 0 Å². The molecule has 2 rings (SSSR count). The van der Waals surface area contributed by atoms with Crippen LogP contribution in [-0.2, 0) is 0 Å². The van der Waals surface area contributed by atoms with E-state index >= 15 is 0 Å². The van der Waals surface area contributed by atoms with Crippen LogP contribution < -0.4 is 10.5 Å². The smallest absolute Gasteiger partial charge is 0.165 e. The molecule has 0 radical (unpaired) electrons. The molecule has 0 unspecified atom stereocenters. The zero-order valence-corrected chi connectivity index (χ0v) is 11.1. The summed E-state index contributed by atoms with van der Waals surface area (Å²) in [6.07, 6.45) is 2.38. The number of ether oxygens (including phenoxy) is 1. The van der Waals surface area contributed by atoms with E-state index in [0.717, 1.165) is 17.7 Å². The van der Waals surface area contributed by atoms with Crippen LogP contribution in [0.25, 0.3) is 0 Å². The number of hydrogen-bond donors (Lipinski definition) is 1. The number of aryl methyl sites for hydroxylation is 1. The molecule has 0 aliphatic heterocycles. The molecule has 1 aromatic carbocycles. The molecule has 0 saturated carbocycles. The standard InChI is InChI=1S/C15H17FN2O/c1-3-13(17)14-7-5-11(9-18-14)19-15-8-10(2)4-6-12(15)16/h4-9,13H,3,17H2,1-2H3/t13-/m1/s1. The summed E-state index contributed by atoms with van der Waals surface area (Å²) in [5.41, 5.74) is 7.62. The molecule has 2 aromatic rings. The Kier molecular flexibility index (Phi) is 4.12. The molecule has 100 valence electrons. The number of nitrogens with two attached hydrogens (primary N) is 1. The van der Waals surface area contributed by atoms with Crippen molar-refractivity contribution in [1.82, 2.24) is 4.98 Å². The highest BCUT2D eigenvalue weighted by molar-refractivity contribution is 5.34. The number of halogens is 1. The van der Waals surface area contributed by atoms with Crippen LogP contribution in [0.15, 0.2) is 36.5 Å². The Hall–Kier alpha value is -1.94. The molecule has 4 heteroatoms. The zero-order valence-electron chi connectivity index (χ0n) is 11.1. The number of aromatic nitrogens is 1. The van der Waals surface area contributed by atoms with E-state index in [4.69, 9.17) is 10.5 Å². The lowest BCUT2D eigenvalue weighted by Crippen LogP contribution is -2.10. The number of benzene rings is 1. The van der Waals surface area contributed by atoms with Gasteiger partial charge in [-0.05, 0) is 43.2 Å². The number of rotatable bonds is 4. The van der Waals surface area contributed by atoms with Crippen molar-refractivity contribution >= 4 is 0 Å². The van der Waals surface area contributed by atoms with Crippen LogP contribution in [0.1, 0.15) is 30.6 Å². The first-order valence-corrected chi connectivity index (χ1v) is 6.25. The third kappa shape index (κ3) is 3.29. The Morgan fingerprint density at radius 2 is 2.11 bits per heavy atom. The summed E-state index contributed by atoms with van der Waals surface area (Å²) in [5, 5.41) is 0. The second-order valence-electron chi connectivity index (χ2n) is 4.47. The van der Waals surface area contributed by atoms with E-state index in [1.165, 1.54) is 6.07 Å². The van der Waals surface area contributed by atoms with E-state index in [-0.39, 0.29) is 17.6 Å². The van der Waals surface area contributed by atoms with Gasteiger partial charge in [0, 0.05) is 6.04 Å². The van der Waals surface area contributed by atoms with Crippen LogP contribution in [0.2, 0.25) is 0 Å². The fourth-order valence-corrected chi connectivity index (χ4v) is 1.70. The van der Waals surface area contributed by atoms with Crippen molar-refractivity contribution in [1.29, 1.82) is 0 Å². The van der Waals surface area contributed by atoms with Crippen LogP contribution in [0.3, 0.4) is 0 Å². The van der Waals surface area contributed by atoms with Crippen molar-refractivity contribution in [3.05, 3.63) is 53.6 Å². The minimum atomic E-state index is -0.389. The van der Waals surface area contributed by atoms with Gasteiger partial charge < -0.3 is 10.5 Å². The molecule has 0 aliphatic carbocycles. The van der Waals surface area contributed by atoms with E-state index in [0.29, 0.717) is 5.75 Å². The maximum atomic E-state index is 13.6. The Labute approximate surface area is 112 Å². The molecule has 0 amide bonds. The van der Waals surface area contributed by atoms with Crippen molar-refractivity contribution in [2.24, 2.45) is 5.73 Å². The van der Waals surface area contributed by atoms with Crippen molar-refractivity contribution < 1.29 is 9.13 Å². The van der Waals surface area contributed by atoms with E-state index in [9.17, 15) is 4.39 Å². The van der Waals surface area contributed by atoms with Crippen LogP contribution in [0.4, 0.5) is 4.39 Å². The molecule has 0 bridgehead atoms. The van der Waals surface area contributed by atoms with Crippen molar-refractivity contribution in [3.63, 3.8) is 0 Å². The molecule has 3 nitrogen and oxygen atoms in total. The molecule has 1 atom stereocenters. The third-order valence-electron chi connectivity index (χ3n) is 2.89. The highest BCUT2D eigenvalue weighted by atomic mass is 19.1. The Morgan fingerprint density at radius 3 is 2.74 bits per heavy atom. The Morgan fingerprint density at radius 1 is 1.32 bits per heavy atom. The molecule has 0 aliphatic rings. The lowest BCUT2D eigenvalue weighted by Gasteiger charge is -2.10. The summed E-state index contributed by atoms with van der Waals surface area (Å²) in [6.45, 7) is 3.88. The molecule has 1 aromatic heterocycles. The Balaban J connectivity index is 2.17. The minimum Gasteiger partial charge on any atom is -0.453 e. The average molecular weight is 260 g/mol. The fraction of sp³-hybridized carbons (Fsp3) is 0.267. The number of pyridine rings is 1.